The van der Waals surface area contributed by atoms with E-state index in [1.54, 1.807) is 6.07 Å². The third-order valence-electron chi connectivity index (χ3n) is 4.68. The van der Waals surface area contributed by atoms with Crippen molar-refractivity contribution in [3.63, 3.8) is 0 Å². The molecule has 0 fully saturated rings. The molecule has 144 valence electrons. The van der Waals surface area contributed by atoms with Crippen molar-refractivity contribution in [1.29, 1.82) is 0 Å². The molecule has 0 aliphatic rings. The number of halogens is 3. The summed E-state index contributed by atoms with van der Waals surface area (Å²) in [5.74, 6) is 0. The van der Waals surface area contributed by atoms with Gasteiger partial charge in [0.25, 0.3) is 0 Å². The lowest BCUT2D eigenvalue weighted by atomic mass is 10.0. The van der Waals surface area contributed by atoms with Gasteiger partial charge in [-0.25, -0.2) is 0 Å². The predicted molar refractivity (Wildman–Crippen MR) is 116 cm³/mol. The molecule has 4 aromatic rings. The number of alkyl halides is 3. The van der Waals surface area contributed by atoms with E-state index in [1.165, 1.54) is 12.1 Å². The maximum absolute atomic E-state index is 13.6. The second-order valence-corrected chi connectivity index (χ2v) is 8.79. The molecule has 0 N–H and O–H groups in total. The first-order valence-corrected chi connectivity index (χ1v) is 10.5. The fourth-order valence-electron chi connectivity index (χ4n) is 3.34. The van der Waals surface area contributed by atoms with Crippen LogP contribution in [0.2, 0.25) is 0 Å². The standard InChI is InChI=1S/C25H18F3P/c26-25(27,28)20-16-17-23(19-10-4-1-5-11-19)24(18-20)29(21-12-6-2-7-13-21)22-14-8-3-9-15-22/h1-18H. The van der Waals surface area contributed by atoms with Crippen LogP contribution < -0.4 is 15.9 Å². The fraction of sp³-hybridized carbons (Fsp3) is 0.0400. The molecule has 0 radical (unpaired) electrons. The van der Waals surface area contributed by atoms with Crippen molar-refractivity contribution in [2.45, 2.75) is 6.18 Å². The first-order chi connectivity index (χ1) is 14.0. The van der Waals surface area contributed by atoms with Crippen LogP contribution >= 0.6 is 7.92 Å². The van der Waals surface area contributed by atoms with E-state index in [1.807, 2.05) is 91.0 Å². The lowest BCUT2D eigenvalue weighted by molar-refractivity contribution is -0.137. The molecule has 0 unspecified atom stereocenters. The average Bonchev–Trinajstić information content (AvgIpc) is 2.75. The summed E-state index contributed by atoms with van der Waals surface area (Å²) in [6, 6.07) is 33.3. The Morgan fingerprint density at radius 2 is 1.03 bits per heavy atom. The molecule has 0 amide bonds. The molecule has 0 nitrogen and oxygen atoms in total. The molecule has 29 heavy (non-hydrogen) atoms. The molecular weight excluding hydrogens is 388 g/mol. The largest absolute Gasteiger partial charge is 0.416 e. The molecule has 0 saturated heterocycles. The molecule has 4 heteroatoms. The van der Waals surface area contributed by atoms with Gasteiger partial charge in [0.05, 0.1) is 5.56 Å². The van der Waals surface area contributed by atoms with Crippen molar-refractivity contribution in [1.82, 2.24) is 0 Å². The molecule has 0 bridgehead atoms. The Hall–Kier alpha value is -2.90. The molecule has 0 saturated carbocycles. The zero-order chi connectivity index (χ0) is 20.3. The molecule has 0 heterocycles. The maximum atomic E-state index is 13.6. The van der Waals surface area contributed by atoms with E-state index in [9.17, 15) is 13.2 Å². The Bertz CT molecular complexity index is 1040. The molecule has 0 spiro atoms. The quantitative estimate of drug-likeness (QED) is 0.358. The minimum absolute atomic E-state index is 0.619. The monoisotopic (exact) mass is 406 g/mol. The van der Waals surface area contributed by atoms with Crippen molar-refractivity contribution >= 4 is 23.8 Å². The Kier molecular flexibility index (Phi) is 5.51. The maximum Gasteiger partial charge on any atom is 0.416 e. The van der Waals surface area contributed by atoms with Crippen LogP contribution in [0.4, 0.5) is 13.2 Å². The number of rotatable bonds is 4. The highest BCUT2D eigenvalue weighted by atomic mass is 31.1. The second kappa shape index (κ2) is 8.23. The van der Waals surface area contributed by atoms with Crippen LogP contribution in [0.3, 0.4) is 0 Å². The van der Waals surface area contributed by atoms with E-state index < -0.39 is 19.7 Å². The molecular formula is C25H18F3P. The van der Waals surface area contributed by atoms with E-state index in [2.05, 4.69) is 0 Å². The fourth-order valence-corrected chi connectivity index (χ4v) is 5.84. The summed E-state index contributed by atoms with van der Waals surface area (Å²) < 4.78 is 40.7. The number of hydrogen-bond donors (Lipinski definition) is 0. The molecule has 0 aliphatic carbocycles. The van der Waals surface area contributed by atoms with Crippen molar-refractivity contribution in [2.75, 3.05) is 0 Å². The van der Waals surface area contributed by atoms with Crippen molar-refractivity contribution in [2.24, 2.45) is 0 Å². The van der Waals surface area contributed by atoms with E-state index in [0.717, 1.165) is 21.7 Å². The van der Waals surface area contributed by atoms with Crippen LogP contribution in [0.1, 0.15) is 5.56 Å². The van der Waals surface area contributed by atoms with Gasteiger partial charge in [0.1, 0.15) is 0 Å². The van der Waals surface area contributed by atoms with Crippen LogP contribution in [0, 0.1) is 0 Å². The molecule has 0 aromatic heterocycles. The minimum atomic E-state index is -4.39. The summed E-state index contributed by atoms with van der Waals surface area (Å²) in [6.45, 7) is 0. The lowest BCUT2D eigenvalue weighted by Gasteiger charge is -2.24. The van der Waals surface area contributed by atoms with Gasteiger partial charge in [-0.15, -0.1) is 0 Å². The van der Waals surface area contributed by atoms with E-state index in [4.69, 9.17) is 0 Å². The number of hydrogen-bond acceptors (Lipinski definition) is 0. The van der Waals surface area contributed by atoms with Gasteiger partial charge in [-0.05, 0) is 47.1 Å². The first-order valence-electron chi connectivity index (χ1n) is 9.21. The van der Waals surface area contributed by atoms with Gasteiger partial charge in [0.2, 0.25) is 0 Å². The van der Waals surface area contributed by atoms with Gasteiger partial charge in [0, 0.05) is 0 Å². The summed E-state index contributed by atoms with van der Waals surface area (Å²) in [6.07, 6.45) is -4.39. The predicted octanol–water partition coefficient (Wildman–Crippen LogP) is 6.13. The summed E-state index contributed by atoms with van der Waals surface area (Å²) >= 11 is 0. The molecule has 4 rings (SSSR count). The van der Waals surface area contributed by atoms with E-state index in [-0.39, 0.29) is 0 Å². The van der Waals surface area contributed by atoms with Crippen molar-refractivity contribution < 1.29 is 13.2 Å². The van der Waals surface area contributed by atoms with Gasteiger partial charge in [-0.2, -0.15) is 13.2 Å². The van der Waals surface area contributed by atoms with Crippen LogP contribution in [0.25, 0.3) is 11.1 Å². The lowest BCUT2D eigenvalue weighted by Crippen LogP contribution is -2.23. The summed E-state index contributed by atoms with van der Waals surface area (Å²) in [4.78, 5) is 0. The second-order valence-electron chi connectivity index (χ2n) is 6.60. The van der Waals surface area contributed by atoms with Gasteiger partial charge in [0.15, 0.2) is 0 Å². The average molecular weight is 406 g/mol. The summed E-state index contributed by atoms with van der Waals surface area (Å²) in [5.41, 5.74) is 1.12. The Labute approximate surface area is 169 Å². The number of benzene rings is 4. The van der Waals surface area contributed by atoms with Crippen LogP contribution in [-0.4, -0.2) is 0 Å². The topological polar surface area (TPSA) is 0 Å². The minimum Gasteiger partial charge on any atom is -0.166 e. The van der Waals surface area contributed by atoms with Gasteiger partial charge in [-0.3, -0.25) is 0 Å². The summed E-state index contributed by atoms with van der Waals surface area (Å²) in [7, 11) is -1.15. The Balaban J connectivity index is 2.00. The Morgan fingerprint density at radius 3 is 1.52 bits per heavy atom. The van der Waals surface area contributed by atoms with Crippen molar-refractivity contribution in [3.05, 3.63) is 115 Å². The van der Waals surface area contributed by atoms with Gasteiger partial charge in [-0.1, -0.05) is 97.1 Å². The van der Waals surface area contributed by atoms with E-state index >= 15 is 0 Å². The highest BCUT2D eigenvalue weighted by Crippen LogP contribution is 2.39. The highest BCUT2D eigenvalue weighted by molar-refractivity contribution is 7.80. The summed E-state index contributed by atoms with van der Waals surface area (Å²) in [5, 5.41) is 2.74. The zero-order valence-corrected chi connectivity index (χ0v) is 16.4. The first kappa shape index (κ1) is 19.4. The van der Waals surface area contributed by atoms with Crippen LogP contribution in [0.15, 0.2) is 109 Å². The molecule has 0 aliphatic heterocycles. The van der Waals surface area contributed by atoms with E-state index in [0.29, 0.717) is 5.30 Å². The van der Waals surface area contributed by atoms with Gasteiger partial charge >= 0.3 is 6.18 Å². The van der Waals surface area contributed by atoms with Crippen molar-refractivity contribution in [3.8, 4) is 11.1 Å². The third-order valence-corrected chi connectivity index (χ3v) is 7.16. The van der Waals surface area contributed by atoms with Crippen LogP contribution in [-0.2, 0) is 6.18 Å². The Morgan fingerprint density at radius 1 is 0.552 bits per heavy atom. The highest BCUT2D eigenvalue weighted by Gasteiger charge is 2.32. The van der Waals surface area contributed by atoms with Gasteiger partial charge < -0.3 is 0 Å². The normalized spacial score (nSPS) is 11.6. The smallest absolute Gasteiger partial charge is 0.166 e. The molecule has 0 atom stereocenters. The molecule has 4 aromatic carbocycles. The third kappa shape index (κ3) is 4.26. The van der Waals surface area contributed by atoms with Crippen LogP contribution in [0.5, 0.6) is 0 Å². The SMILES string of the molecule is FC(F)(F)c1ccc(-c2ccccc2)c(P(c2ccccc2)c2ccccc2)c1. The zero-order valence-electron chi connectivity index (χ0n) is 15.5.